The van der Waals surface area contributed by atoms with E-state index in [0.29, 0.717) is 23.7 Å². The first-order valence-electron chi connectivity index (χ1n) is 7.34. The molecular weight excluding hydrogens is 306 g/mol. The largest absolute Gasteiger partial charge is 0.238 e. The Bertz CT molecular complexity index is 943. The zero-order valence-electron chi connectivity index (χ0n) is 12.3. The molecule has 0 unspecified atom stereocenters. The van der Waals surface area contributed by atoms with E-state index in [2.05, 4.69) is 22.0 Å². The van der Waals surface area contributed by atoms with Crippen molar-refractivity contribution in [1.82, 2.24) is 9.97 Å². The summed E-state index contributed by atoms with van der Waals surface area (Å²) >= 11 is 6.43. The Kier molecular flexibility index (Phi) is 3.33. The summed E-state index contributed by atoms with van der Waals surface area (Å²) in [6.45, 7) is 7.14. The van der Waals surface area contributed by atoms with Crippen LogP contribution in [0.1, 0.15) is 22.6 Å². The highest BCUT2D eigenvalue weighted by Crippen LogP contribution is 2.40. The maximum Gasteiger partial charge on any atom is 0.187 e. The minimum atomic E-state index is 0.496. The average Bonchev–Trinajstić information content (AvgIpc) is 2.93. The first-order chi connectivity index (χ1) is 11.2. The van der Waals surface area contributed by atoms with Crippen molar-refractivity contribution in [1.29, 1.82) is 0 Å². The van der Waals surface area contributed by atoms with E-state index in [0.717, 1.165) is 33.8 Å². The number of hydrogen-bond acceptors (Lipinski definition) is 2. The molecule has 0 saturated heterocycles. The molecular formula is C19H12ClN3. The summed E-state index contributed by atoms with van der Waals surface area (Å²) in [5.74, 6) is 0.734. The van der Waals surface area contributed by atoms with E-state index in [1.54, 1.807) is 0 Å². The summed E-state index contributed by atoms with van der Waals surface area (Å²) in [7, 11) is 0. The molecule has 4 rings (SSSR count). The Balaban J connectivity index is 1.74. The smallest absolute Gasteiger partial charge is 0.187 e. The minimum Gasteiger partial charge on any atom is -0.238 e. The van der Waals surface area contributed by atoms with Crippen LogP contribution < -0.4 is 0 Å². The molecule has 110 valence electrons. The molecule has 23 heavy (non-hydrogen) atoms. The lowest BCUT2D eigenvalue weighted by Crippen LogP contribution is -2.01. The van der Waals surface area contributed by atoms with Crippen LogP contribution in [0.4, 0.5) is 5.69 Å². The highest BCUT2D eigenvalue weighted by atomic mass is 35.5. The fourth-order valence-corrected chi connectivity index (χ4v) is 3.31. The van der Waals surface area contributed by atoms with Crippen molar-refractivity contribution < 1.29 is 0 Å². The van der Waals surface area contributed by atoms with Crippen LogP contribution in [-0.2, 0) is 12.8 Å². The van der Waals surface area contributed by atoms with E-state index in [1.807, 2.05) is 36.4 Å². The Hall–Kier alpha value is -2.70. The van der Waals surface area contributed by atoms with Gasteiger partial charge in [-0.05, 0) is 16.7 Å². The van der Waals surface area contributed by atoms with Gasteiger partial charge in [0.15, 0.2) is 5.69 Å². The molecule has 0 N–H and O–H groups in total. The van der Waals surface area contributed by atoms with Crippen LogP contribution in [-0.4, -0.2) is 9.97 Å². The lowest BCUT2D eigenvalue weighted by atomic mass is 10.1. The predicted molar refractivity (Wildman–Crippen MR) is 90.8 cm³/mol. The van der Waals surface area contributed by atoms with Crippen molar-refractivity contribution in [2.24, 2.45) is 0 Å². The highest BCUT2D eigenvalue weighted by molar-refractivity contribution is 6.32. The molecule has 0 fully saturated rings. The second-order valence-corrected chi connectivity index (χ2v) is 5.90. The summed E-state index contributed by atoms with van der Waals surface area (Å²) in [5.41, 5.74) is 5.81. The number of benzene rings is 2. The summed E-state index contributed by atoms with van der Waals surface area (Å²) < 4.78 is 0. The molecule has 1 aliphatic rings. The summed E-state index contributed by atoms with van der Waals surface area (Å²) in [5, 5.41) is 0.496. The van der Waals surface area contributed by atoms with Gasteiger partial charge in [0.25, 0.3) is 0 Å². The standard InChI is InChI=1S/C19H12ClN3/c1-21-14-7-8-15-13(10-14)11-16-18(15)19(20)23-17(22-16)9-12-5-3-2-4-6-12/h2-8,10H,9,11H2. The summed E-state index contributed by atoms with van der Waals surface area (Å²) in [4.78, 5) is 12.7. The van der Waals surface area contributed by atoms with Crippen LogP contribution in [0.2, 0.25) is 5.15 Å². The van der Waals surface area contributed by atoms with Crippen LogP contribution in [0.25, 0.3) is 16.0 Å². The number of rotatable bonds is 2. The highest BCUT2D eigenvalue weighted by Gasteiger charge is 2.24. The van der Waals surface area contributed by atoms with Gasteiger partial charge in [-0.15, -0.1) is 0 Å². The monoisotopic (exact) mass is 317 g/mol. The number of aromatic nitrogens is 2. The first-order valence-corrected chi connectivity index (χ1v) is 7.72. The van der Waals surface area contributed by atoms with Crippen LogP contribution in [0.5, 0.6) is 0 Å². The maximum absolute atomic E-state index is 7.14. The van der Waals surface area contributed by atoms with Crippen LogP contribution in [0.15, 0.2) is 48.5 Å². The number of hydrogen-bond donors (Lipinski definition) is 0. The van der Waals surface area contributed by atoms with Crippen molar-refractivity contribution >= 4 is 17.3 Å². The molecule has 3 aromatic rings. The van der Waals surface area contributed by atoms with Gasteiger partial charge >= 0.3 is 0 Å². The predicted octanol–water partition coefficient (Wildman–Crippen LogP) is 4.84. The van der Waals surface area contributed by atoms with Crippen LogP contribution in [0, 0.1) is 6.57 Å². The Morgan fingerprint density at radius 1 is 1.09 bits per heavy atom. The molecule has 4 heteroatoms. The van der Waals surface area contributed by atoms with Gasteiger partial charge < -0.3 is 0 Å². The molecule has 3 nitrogen and oxygen atoms in total. The van der Waals surface area contributed by atoms with Gasteiger partial charge in [0, 0.05) is 18.4 Å². The van der Waals surface area contributed by atoms with Gasteiger partial charge in [0.1, 0.15) is 11.0 Å². The molecule has 0 aliphatic heterocycles. The molecule has 0 amide bonds. The molecule has 0 spiro atoms. The van der Waals surface area contributed by atoms with Gasteiger partial charge in [-0.2, -0.15) is 0 Å². The minimum absolute atomic E-state index is 0.496. The number of fused-ring (bicyclic) bond motifs is 3. The van der Waals surface area contributed by atoms with Crippen LogP contribution >= 0.6 is 11.6 Å². The van der Waals surface area contributed by atoms with Gasteiger partial charge in [-0.1, -0.05) is 60.1 Å². The third-order valence-electron chi connectivity index (χ3n) is 4.04. The zero-order valence-corrected chi connectivity index (χ0v) is 13.0. The zero-order chi connectivity index (χ0) is 15.8. The fourth-order valence-electron chi connectivity index (χ4n) is 3.00. The molecule has 0 atom stereocenters. The Morgan fingerprint density at radius 2 is 1.91 bits per heavy atom. The van der Waals surface area contributed by atoms with E-state index >= 15 is 0 Å². The molecule has 0 saturated carbocycles. The van der Waals surface area contributed by atoms with Crippen molar-refractivity contribution in [3.63, 3.8) is 0 Å². The average molecular weight is 318 g/mol. The second-order valence-electron chi connectivity index (χ2n) is 5.54. The second kappa shape index (κ2) is 5.49. The van der Waals surface area contributed by atoms with Gasteiger partial charge in [0.2, 0.25) is 0 Å². The SMILES string of the molecule is [C-]#[N+]c1ccc2c(c1)Cc1nc(Cc3ccccc3)nc(Cl)c1-2. The maximum atomic E-state index is 7.14. The Morgan fingerprint density at radius 3 is 2.70 bits per heavy atom. The lowest BCUT2D eigenvalue weighted by Gasteiger charge is -2.06. The van der Waals surface area contributed by atoms with Gasteiger partial charge in [0.05, 0.1) is 12.3 Å². The Labute approximate surface area is 139 Å². The number of halogens is 1. The van der Waals surface area contributed by atoms with Crippen LogP contribution in [0.3, 0.4) is 0 Å². The summed E-state index contributed by atoms with van der Waals surface area (Å²) in [6.07, 6.45) is 1.37. The molecule has 1 aliphatic carbocycles. The van der Waals surface area contributed by atoms with E-state index in [9.17, 15) is 0 Å². The number of nitrogens with zero attached hydrogens (tertiary/aromatic N) is 3. The molecule has 0 bridgehead atoms. The van der Waals surface area contributed by atoms with Gasteiger partial charge in [-0.3, -0.25) is 0 Å². The fraction of sp³-hybridized carbons (Fsp3) is 0.105. The van der Waals surface area contributed by atoms with E-state index in [4.69, 9.17) is 23.2 Å². The third-order valence-corrected chi connectivity index (χ3v) is 4.31. The quantitative estimate of drug-likeness (QED) is 0.391. The van der Waals surface area contributed by atoms with Crippen molar-refractivity contribution in [2.75, 3.05) is 0 Å². The van der Waals surface area contributed by atoms with Gasteiger partial charge in [-0.25, -0.2) is 14.8 Å². The van der Waals surface area contributed by atoms with E-state index in [1.165, 1.54) is 0 Å². The summed E-state index contributed by atoms with van der Waals surface area (Å²) in [6, 6.07) is 15.8. The normalized spacial score (nSPS) is 11.7. The first kappa shape index (κ1) is 13.9. The molecule has 1 heterocycles. The van der Waals surface area contributed by atoms with E-state index in [-0.39, 0.29) is 0 Å². The molecule has 2 aromatic carbocycles. The third kappa shape index (κ3) is 2.48. The van der Waals surface area contributed by atoms with E-state index < -0.39 is 0 Å². The lowest BCUT2D eigenvalue weighted by molar-refractivity contribution is 0.934. The molecule has 0 radical (unpaired) electrons. The topological polar surface area (TPSA) is 30.1 Å². The van der Waals surface area contributed by atoms with Crippen molar-refractivity contribution in [2.45, 2.75) is 12.8 Å². The van der Waals surface area contributed by atoms with Crippen molar-refractivity contribution in [3.05, 3.63) is 87.7 Å². The van der Waals surface area contributed by atoms with Crippen molar-refractivity contribution in [3.8, 4) is 11.1 Å². The molecule has 1 aromatic heterocycles.